The Labute approximate surface area is 177 Å². The lowest BCUT2D eigenvalue weighted by Gasteiger charge is -2.08. The first-order chi connectivity index (χ1) is 13.4. The summed E-state index contributed by atoms with van der Waals surface area (Å²) in [7, 11) is -1.57. The summed E-state index contributed by atoms with van der Waals surface area (Å²) < 4.78 is 32.2. The minimum atomic E-state index is -3.38. The number of aromatic nitrogens is 3. The average molecular weight is 458 g/mol. The molecule has 2 aromatic carbocycles. The molecule has 0 N–H and O–H groups in total. The molecule has 0 amide bonds. The zero-order valence-electron chi connectivity index (χ0n) is 14.9. The highest BCUT2D eigenvalue weighted by Crippen LogP contribution is 2.25. The minimum Gasteiger partial charge on any atom is -0.484 e. The van der Waals surface area contributed by atoms with Crippen LogP contribution in [-0.2, 0) is 23.5 Å². The summed E-state index contributed by atoms with van der Waals surface area (Å²) in [5.41, 5.74) is 0. The van der Waals surface area contributed by atoms with Crippen molar-refractivity contribution >= 4 is 44.8 Å². The predicted octanol–water partition coefficient (Wildman–Crippen LogP) is 4.27. The summed E-state index contributed by atoms with van der Waals surface area (Å²) in [5.74, 6) is 1.51. The van der Waals surface area contributed by atoms with Gasteiger partial charge in [-0.15, -0.1) is 10.2 Å². The summed E-state index contributed by atoms with van der Waals surface area (Å²) in [6.45, 7) is 0.205. The van der Waals surface area contributed by atoms with Gasteiger partial charge in [-0.2, -0.15) is 0 Å². The Morgan fingerprint density at radius 1 is 1.07 bits per heavy atom. The van der Waals surface area contributed by atoms with Crippen LogP contribution in [0.1, 0.15) is 5.82 Å². The van der Waals surface area contributed by atoms with Gasteiger partial charge in [-0.3, -0.25) is 0 Å². The molecular formula is C18H17Cl2N3O3S2. The Kier molecular flexibility index (Phi) is 6.87. The lowest BCUT2D eigenvalue weighted by Crippen LogP contribution is -2.09. The maximum Gasteiger partial charge on any atom is 0.191 e. The third-order valence-corrected chi connectivity index (χ3v) is 7.45. The maximum absolute atomic E-state index is 12.4. The third-order valence-electron chi connectivity index (χ3n) is 3.87. The molecule has 28 heavy (non-hydrogen) atoms. The molecule has 10 heteroatoms. The fraction of sp³-hybridized carbons (Fsp3) is 0.222. The van der Waals surface area contributed by atoms with Crippen molar-refractivity contribution in [2.45, 2.75) is 16.7 Å². The number of sulfone groups is 1. The summed E-state index contributed by atoms with van der Waals surface area (Å²) in [6, 6.07) is 13.3. The van der Waals surface area contributed by atoms with E-state index in [1.54, 1.807) is 35.9 Å². The highest BCUT2D eigenvalue weighted by Gasteiger charge is 2.16. The first-order valence-corrected chi connectivity index (χ1v) is 11.6. The molecule has 3 aromatic rings. The van der Waals surface area contributed by atoms with Gasteiger partial charge in [0.2, 0.25) is 0 Å². The normalized spacial score (nSPS) is 11.5. The van der Waals surface area contributed by atoms with Gasteiger partial charge < -0.3 is 9.30 Å². The fourth-order valence-electron chi connectivity index (χ4n) is 2.30. The van der Waals surface area contributed by atoms with Crippen molar-refractivity contribution in [1.29, 1.82) is 0 Å². The first-order valence-electron chi connectivity index (χ1n) is 8.23. The molecule has 1 aromatic heterocycles. The zero-order chi connectivity index (χ0) is 20.1. The largest absolute Gasteiger partial charge is 0.484 e. The smallest absolute Gasteiger partial charge is 0.191 e. The second-order valence-electron chi connectivity index (χ2n) is 5.80. The Morgan fingerprint density at radius 3 is 2.50 bits per heavy atom. The maximum atomic E-state index is 12.4. The number of para-hydroxylation sites is 1. The van der Waals surface area contributed by atoms with Crippen LogP contribution in [-0.4, -0.2) is 34.7 Å². The number of benzene rings is 2. The van der Waals surface area contributed by atoms with Crippen LogP contribution in [0.4, 0.5) is 0 Å². The lowest BCUT2D eigenvalue weighted by molar-refractivity contribution is 0.290. The zero-order valence-corrected chi connectivity index (χ0v) is 18.0. The van der Waals surface area contributed by atoms with Crippen molar-refractivity contribution in [2.75, 3.05) is 11.5 Å². The van der Waals surface area contributed by atoms with Crippen LogP contribution in [0.2, 0.25) is 10.0 Å². The Morgan fingerprint density at radius 2 is 1.79 bits per heavy atom. The van der Waals surface area contributed by atoms with Gasteiger partial charge in [0.25, 0.3) is 0 Å². The molecule has 0 unspecified atom stereocenters. The van der Waals surface area contributed by atoms with Crippen LogP contribution in [0.3, 0.4) is 0 Å². The first kappa shape index (κ1) is 21.0. The molecule has 6 nitrogen and oxygen atoms in total. The number of ether oxygens (including phenoxy) is 1. The lowest BCUT2D eigenvalue weighted by atomic mass is 10.3. The quantitative estimate of drug-likeness (QED) is 0.470. The topological polar surface area (TPSA) is 74.1 Å². The van der Waals surface area contributed by atoms with Crippen LogP contribution in [0.5, 0.6) is 5.75 Å². The number of thioether (sulfide) groups is 1. The molecule has 0 spiro atoms. The summed E-state index contributed by atoms with van der Waals surface area (Å²) in [5, 5.41) is 9.84. The molecule has 0 aliphatic carbocycles. The Bertz CT molecular complexity index is 1050. The van der Waals surface area contributed by atoms with E-state index in [4.69, 9.17) is 27.9 Å². The summed E-state index contributed by atoms with van der Waals surface area (Å²) >= 11 is 13.2. The molecule has 0 aliphatic heterocycles. The van der Waals surface area contributed by atoms with Crippen LogP contribution < -0.4 is 4.74 Å². The average Bonchev–Trinajstić information content (AvgIpc) is 3.01. The SMILES string of the molecule is Cn1c(COc2ccccc2Cl)nnc1SCCS(=O)(=O)c1ccc(Cl)cc1. The predicted molar refractivity (Wildman–Crippen MR) is 111 cm³/mol. The van der Waals surface area contributed by atoms with Gasteiger partial charge in [0.05, 0.1) is 15.7 Å². The second-order valence-corrected chi connectivity index (χ2v) is 9.81. The van der Waals surface area contributed by atoms with E-state index < -0.39 is 9.84 Å². The van der Waals surface area contributed by atoms with Crippen LogP contribution in [0.15, 0.2) is 58.6 Å². The van der Waals surface area contributed by atoms with Crippen molar-refractivity contribution in [2.24, 2.45) is 7.05 Å². The molecule has 0 radical (unpaired) electrons. The van der Waals surface area contributed by atoms with Crippen molar-refractivity contribution in [3.05, 3.63) is 64.4 Å². The molecule has 0 aliphatic rings. The number of hydrogen-bond acceptors (Lipinski definition) is 6. The fourth-order valence-corrected chi connectivity index (χ4v) is 5.20. The van der Waals surface area contributed by atoms with E-state index in [2.05, 4.69) is 10.2 Å². The van der Waals surface area contributed by atoms with E-state index in [1.807, 2.05) is 12.1 Å². The van der Waals surface area contributed by atoms with Crippen molar-refractivity contribution in [1.82, 2.24) is 14.8 Å². The van der Waals surface area contributed by atoms with E-state index in [-0.39, 0.29) is 17.3 Å². The molecule has 0 fully saturated rings. The van der Waals surface area contributed by atoms with Gasteiger partial charge in [0, 0.05) is 17.8 Å². The highest BCUT2D eigenvalue weighted by molar-refractivity contribution is 8.00. The van der Waals surface area contributed by atoms with Crippen molar-refractivity contribution < 1.29 is 13.2 Å². The molecular weight excluding hydrogens is 441 g/mol. The number of halogens is 2. The van der Waals surface area contributed by atoms with Crippen LogP contribution in [0.25, 0.3) is 0 Å². The van der Waals surface area contributed by atoms with Gasteiger partial charge in [0.15, 0.2) is 20.8 Å². The summed E-state index contributed by atoms with van der Waals surface area (Å²) in [6.07, 6.45) is 0. The Balaban J connectivity index is 1.57. The second kappa shape index (κ2) is 9.17. The highest BCUT2D eigenvalue weighted by atomic mass is 35.5. The monoisotopic (exact) mass is 457 g/mol. The molecule has 0 saturated heterocycles. The van der Waals surface area contributed by atoms with Crippen LogP contribution in [0, 0.1) is 0 Å². The van der Waals surface area contributed by atoms with Crippen LogP contribution >= 0.6 is 35.0 Å². The molecule has 0 saturated carbocycles. The minimum absolute atomic E-state index is 0.0163. The summed E-state index contributed by atoms with van der Waals surface area (Å²) in [4.78, 5) is 0.254. The van der Waals surface area contributed by atoms with Crippen molar-refractivity contribution in [3.8, 4) is 5.75 Å². The van der Waals surface area contributed by atoms with E-state index in [0.717, 1.165) is 0 Å². The van der Waals surface area contributed by atoms with E-state index in [9.17, 15) is 8.42 Å². The van der Waals surface area contributed by atoms with Gasteiger partial charge in [-0.05, 0) is 36.4 Å². The molecule has 0 bridgehead atoms. The van der Waals surface area contributed by atoms with Gasteiger partial charge in [-0.1, -0.05) is 47.1 Å². The van der Waals surface area contributed by atoms with Crippen molar-refractivity contribution in [3.63, 3.8) is 0 Å². The standard InChI is InChI=1S/C18H17Cl2N3O3S2/c1-23-17(12-26-16-5-3-2-4-15(16)20)21-22-18(23)27-10-11-28(24,25)14-8-6-13(19)7-9-14/h2-9H,10-12H2,1H3. The van der Waals surface area contributed by atoms with Gasteiger partial charge >= 0.3 is 0 Å². The number of nitrogens with zero attached hydrogens (tertiary/aromatic N) is 3. The number of hydrogen-bond donors (Lipinski definition) is 0. The van der Waals surface area contributed by atoms with E-state index in [0.29, 0.717) is 32.5 Å². The molecule has 1 heterocycles. The van der Waals surface area contributed by atoms with E-state index in [1.165, 1.54) is 23.9 Å². The van der Waals surface area contributed by atoms with Gasteiger partial charge in [-0.25, -0.2) is 8.42 Å². The Hall–Kier alpha value is -1.74. The van der Waals surface area contributed by atoms with Gasteiger partial charge in [0.1, 0.15) is 12.4 Å². The number of rotatable bonds is 8. The molecule has 0 atom stereocenters. The third kappa shape index (κ3) is 5.20. The molecule has 148 valence electrons. The molecule has 3 rings (SSSR count). The van der Waals surface area contributed by atoms with E-state index >= 15 is 0 Å².